The molecule has 2 aromatic rings. The standard InChI is InChI=1S/C21H20N2O4/c24-19-17-10-9-14(21(26)27-13-15-6-4-5-11-22-15)12-18(17)20(25)23(19)16-7-2-1-3-8-16/h4-6,9-12,16H,1-3,7-8,13H2. The SMILES string of the molecule is O=C(OCc1ccccn1)c1ccc2c(c1)C(=O)N(C1CCCCC1)C2=O. The van der Waals surface area contributed by atoms with Gasteiger partial charge in [0.1, 0.15) is 6.61 Å². The van der Waals surface area contributed by atoms with Crippen LogP contribution in [0, 0.1) is 0 Å². The lowest BCUT2D eigenvalue weighted by Gasteiger charge is -2.29. The third kappa shape index (κ3) is 3.35. The largest absolute Gasteiger partial charge is 0.456 e. The number of hydrogen-bond acceptors (Lipinski definition) is 5. The maximum absolute atomic E-state index is 12.8. The molecule has 1 fully saturated rings. The number of benzene rings is 1. The van der Waals surface area contributed by atoms with E-state index in [1.807, 2.05) is 6.07 Å². The first kappa shape index (κ1) is 17.4. The fraction of sp³-hybridized carbons (Fsp3) is 0.333. The molecule has 27 heavy (non-hydrogen) atoms. The summed E-state index contributed by atoms with van der Waals surface area (Å²) < 4.78 is 5.27. The summed E-state index contributed by atoms with van der Waals surface area (Å²) in [5.74, 6) is -1.10. The summed E-state index contributed by atoms with van der Waals surface area (Å²) in [4.78, 5) is 43.3. The van der Waals surface area contributed by atoms with Gasteiger partial charge in [0.15, 0.2) is 0 Å². The number of aromatic nitrogens is 1. The molecular formula is C21H20N2O4. The number of ether oxygens (including phenoxy) is 1. The summed E-state index contributed by atoms with van der Waals surface area (Å²) in [6.45, 7) is 0.0534. The number of carbonyl (C=O) groups excluding carboxylic acids is 3. The second-order valence-corrected chi connectivity index (χ2v) is 6.93. The lowest BCUT2D eigenvalue weighted by atomic mass is 9.94. The Bertz CT molecular complexity index is 888. The summed E-state index contributed by atoms with van der Waals surface area (Å²) >= 11 is 0. The molecule has 0 atom stereocenters. The van der Waals surface area contributed by atoms with Crippen molar-refractivity contribution in [3.05, 3.63) is 65.0 Å². The van der Waals surface area contributed by atoms with Gasteiger partial charge in [0.2, 0.25) is 0 Å². The number of pyridine rings is 1. The van der Waals surface area contributed by atoms with Crippen molar-refractivity contribution >= 4 is 17.8 Å². The van der Waals surface area contributed by atoms with E-state index in [2.05, 4.69) is 4.98 Å². The summed E-state index contributed by atoms with van der Waals surface area (Å²) in [6, 6.07) is 9.89. The molecule has 0 spiro atoms. The van der Waals surface area contributed by atoms with Crippen LogP contribution >= 0.6 is 0 Å². The average molecular weight is 364 g/mol. The molecule has 0 unspecified atom stereocenters. The molecule has 1 aliphatic heterocycles. The molecule has 6 heteroatoms. The maximum atomic E-state index is 12.8. The van der Waals surface area contributed by atoms with Crippen molar-refractivity contribution in [1.29, 1.82) is 0 Å². The highest BCUT2D eigenvalue weighted by molar-refractivity contribution is 6.22. The molecule has 0 bridgehead atoms. The van der Waals surface area contributed by atoms with Gasteiger partial charge in [0.05, 0.1) is 22.4 Å². The monoisotopic (exact) mass is 364 g/mol. The van der Waals surface area contributed by atoms with Gasteiger partial charge in [-0.3, -0.25) is 19.5 Å². The molecule has 1 saturated carbocycles. The highest BCUT2D eigenvalue weighted by Gasteiger charge is 2.40. The van der Waals surface area contributed by atoms with Crippen LogP contribution in [0.1, 0.15) is 68.9 Å². The lowest BCUT2D eigenvalue weighted by molar-refractivity contribution is 0.0467. The van der Waals surface area contributed by atoms with E-state index in [0.29, 0.717) is 11.3 Å². The second-order valence-electron chi connectivity index (χ2n) is 6.93. The zero-order chi connectivity index (χ0) is 18.8. The number of nitrogens with zero attached hydrogens (tertiary/aromatic N) is 2. The van der Waals surface area contributed by atoms with Gasteiger partial charge in [0, 0.05) is 12.2 Å². The Kier molecular flexibility index (Phi) is 4.71. The number of rotatable bonds is 4. The Morgan fingerprint density at radius 3 is 2.56 bits per heavy atom. The van der Waals surface area contributed by atoms with Gasteiger partial charge in [-0.25, -0.2) is 4.79 Å². The molecule has 1 aromatic heterocycles. The molecule has 138 valence electrons. The lowest BCUT2D eigenvalue weighted by Crippen LogP contribution is -2.40. The van der Waals surface area contributed by atoms with Crippen LogP contribution in [0.15, 0.2) is 42.6 Å². The van der Waals surface area contributed by atoms with E-state index < -0.39 is 5.97 Å². The molecule has 6 nitrogen and oxygen atoms in total. The van der Waals surface area contributed by atoms with Gasteiger partial charge in [-0.05, 0) is 43.2 Å². The zero-order valence-corrected chi connectivity index (χ0v) is 14.9. The first-order valence-corrected chi connectivity index (χ1v) is 9.24. The number of amides is 2. The van der Waals surface area contributed by atoms with E-state index in [0.717, 1.165) is 32.1 Å². The highest BCUT2D eigenvalue weighted by Crippen LogP contribution is 2.31. The van der Waals surface area contributed by atoms with Crippen LogP contribution in [-0.2, 0) is 11.3 Å². The normalized spacial score (nSPS) is 17.1. The molecule has 4 rings (SSSR count). The Morgan fingerprint density at radius 1 is 1.04 bits per heavy atom. The van der Waals surface area contributed by atoms with Crippen LogP contribution in [0.5, 0.6) is 0 Å². The van der Waals surface area contributed by atoms with E-state index in [1.165, 1.54) is 17.0 Å². The molecule has 0 saturated heterocycles. The van der Waals surface area contributed by atoms with Crippen molar-refractivity contribution in [1.82, 2.24) is 9.88 Å². The quantitative estimate of drug-likeness (QED) is 0.614. The number of esters is 1. The zero-order valence-electron chi connectivity index (χ0n) is 14.9. The van der Waals surface area contributed by atoms with Gasteiger partial charge in [-0.1, -0.05) is 25.3 Å². The predicted octanol–water partition coefficient (Wildman–Crippen LogP) is 3.37. The van der Waals surface area contributed by atoms with Crippen molar-refractivity contribution in [2.45, 2.75) is 44.8 Å². The Labute approximate surface area is 157 Å². The van der Waals surface area contributed by atoms with Crippen LogP contribution in [0.2, 0.25) is 0 Å². The smallest absolute Gasteiger partial charge is 0.338 e. The molecule has 0 radical (unpaired) electrons. The molecule has 1 aromatic carbocycles. The minimum absolute atomic E-state index is 0.0364. The average Bonchev–Trinajstić information content (AvgIpc) is 2.97. The van der Waals surface area contributed by atoms with Gasteiger partial charge in [-0.2, -0.15) is 0 Å². The molecule has 2 amide bonds. The third-order valence-electron chi connectivity index (χ3n) is 5.17. The van der Waals surface area contributed by atoms with Crippen molar-refractivity contribution < 1.29 is 19.1 Å². The van der Waals surface area contributed by atoms with Crippen LogP contribution in [0.4, 0.5) is 0 Å². The van der Waals surface area contributed by atoms with E-state index in [4.69, 9.17) is 4.74 Å². The van der Waals surface area contributed by atoms with Gasteiger partial charge >= 0.3 is 5.97 Å². The van der Waals surface area contributed by atoms with E-state index in [1.54, 1.807) is 24.4 Å². The summed E-state index contributed by atoms with van der Waals surface area (Å²) in [6.07, 6.45) is 6.54. The first-order valence-electron chi connectivity index (χ1n) is 9.24. The van der Waals surface area contributed by atoms with Gasteiger partial charge in [-0.15, -0.1) is 0 Å². The number of carbonyl (C=O) groups is 3. The van der Waals surface area contributed by atoms with Crippen LogP contribution < -0.4 is 0 Å². The third-order valence-corrected chi connectivity index (χ3v) is 5.17. The summed E-state index contributed by atoms with van der Waals surface area (Å²) in [7, 11) is 0. The number of hydrogen-bond donors (Lipinski definition) is 0. The van der Waals surface area contributed by atoms with Crippen LogP contribution in [0.3, 0.4) is 0 Å². The van der Waals surface area contributed by atoms with E-state index >= 15 is 0 Å². The fourth-order valence-corrected chi connectivity index (χ4v) is 3.76. The maximum Gasteiger partial charge on any atom is 0.338 e. The van der Waals surface area contributed by atoms with E-state index in [9.17, 15) is 14.4 Å². The molecule has 1 aliphatic carbocycles. The predicted molar refractivity (Wildman–Crippen MR) is 97.2 cm³/mol. The van der Waals surface area contributed by atoms with Crippen molar-refractivity contribution in [2.24, 2.45) is 0 Å². The molecule has 2 heterocycles. The summed E-state index contributed by atoms with van der Waals surface area (Å²) in [5, 5.41) is 0. The number of imide groups is 1. The first-order chi connectivity index (χ1) is 13.1. The molecule has 2 aliphatic rings. The minimum atomic E-state index is -0.542. The molecule has 0 N–H and O–H groups in total. The minimum Gasteiger partial charge on any atom is -0.456 e. The Balaban J connectivity index is 1.51. The van der Waals surface area contributed by atoms with Gasteiger partial charge < -0.3 is 4.74 Å². The van der Waals surface area contributed by atoms with Crippen LogP contribution in [0.25, 0.3) is 0 Å². The van der Waals surface area contributed by atoms with Crippen LogP contribution in [-0.4, -0.2) is 33.7 Å². The fourth-order valence-electron chi connectivity index (χ4n) is 3.76. The highest BCUT2D eigenvalue weighted by atomic mass is 16.5. The Hall–Kier alpha value is -3.02. The number of fused-ring (bicyclic) bond motifs is 1. The Morgan fingerprint density at radius 2 is 1.81 bits per heavy atom. The second kappa shape index (κ2) is 7.31. The van der Waals surface area contributed by atoms with Crippen molar-refractivity contribution in [3.63, 3.8) is 0 Å². The molecular weight excluding hydrogens is 344 g/mol. The summed E-state index contributed by atoms with van der Waals surface area (Å²) in [5.41, 5.74) is 1.56. The topological polar surface area (TPSA) is 76.6 Å². The van der Waals surface area contributed by atoms with Crippen molar-refractivity contribution in [2.75, 3.05) is 0 Å². The van der Waals surface area contributed by atoms with Crippen molar-refractivity contribution in [3.8, 4) is 0 Å². The van der Waals surface area contributed by atoms with E-state index in [-0.39, 0.29) is 35.6 Å². The van der Waals surface area contributed by atoms with Gasteiger partial charge in [0.25, 0.3) is 11.8 Å².